The van der Waals surface area contributed by atoms with Crippen molar-refractivity contribution in [2.24, 2.45) is 5.92 Å². The maximum absolute atomic E-state index is 6.11. The van der Waals surface area contributed by atoms with Gasteiger partial charge >= 0.3 is 0 Å². The molecule has 0 aliphatic carbocycles. The number of rotatable bonds is 1. The minimum Gasteiger partial charge on any atom is -0.353 e. The van der Waals surface area contributed by atoms with Crippen molar-refractivity contribution in [1.82, 2.24) is 9.97 Å². The van der Waals surface area contributed by atoms with Crippen LogP contribution in [0.1, 0.15) is 26.7 Å². The number of hydrogen-bond donors (Lipinski definition) is 0. The molecule has 0 spiro atoms. The topological polar surface area (TPSA) is 29.0 Å². The predicted molar refractivity (Wildman–Crippen MR) is 67.3 cm³/mol. The van der Waals surface area contributed by atoms with E-state index in [1.165, 1.54) is 6.42 Å². The molecule has 2 rings (SSSR count). The van der Waals surface area contributed by atoms with Crippen molar-refractivity contribution in [3.63, 3.8) is 0 Å². The molecule has 1 saturated heterocycles. The van der Waals surface area contributed by atoms with E-state index in [1.54, 1.807) is 6.20 Å². The summed E-state index contributed by atoms with van der Waals surface area (Å²) in [6, 6.07) is 0.451. The lowest BCUT2D eigenvalue weighted by Crippen LogP contribution is -2.40. The summed E-state index contributed by atoms with van der Waals surface area (Å²) in [6.45, 7) is 5.46. The molecule has 0 bridgehead atoms. The molecular weight excluding hydrogens is 245 g/mol. The van der Waals surface area contributed by atoms with Gasteiger partial charge in [0, 0.05) is 12.6 Å². The molecule has 16 heavy (non-hydrogen) atoms. The Kier molecular flexibility index (Phi) is 3.55. The highest BCUT2D eigenvalue weighted by Gasteiger charge is 2.25. The molecule has 2 unspecified atom stereocenters. The van der Waals surface area contributed by atoms with E-state index >= 15 is 0 Å². The summed E-state index contributed by atoms with van der Waals surface area (Å²) in [5.41, 5.74) is 0. The average Bonchev–Trinajstić information content (AvgIpc) is 2.22. The molecule has 3 nitrogen and oxygen atoms in total. The quantitative estimate of drug-likeness (QED) is 0.724. The summed E-state index contributed by atoms with van der Waals surface area (Å²) in [5, 5.41) is 0.830. The molecule has 1 fully saturated rings. The maximum atomic E-state index is 6.11. The largest absolute Gasteiger partial charge is 0.353 e. The van der Waals surface area contributed by atoms with Crippen LogP contribution in [0.4, 0.5) is 5.82 Å². The van der Waals surface area contributed by atoms with Gasteiger partial charge < -0.3 is 4.90 Å². The first-order chi connectivity index (χ1) is 7.58. The third kappa shape index (κ3) is 2.41. The highest BCUT2D eigenvalue weighted by atomic mass is 35.5. The Morgan fingerprint density at radius 1 is 1.38 bits per heavy atom. The van der Waals surface area contributed by atoms with Crippen LogP contribution in [0.3, 0.4) is 0 Å². The second-order valence-corrected chi connectivity index (χ2v) is 5.23. The normalized spacial score (nSPS) is 25.9. The summed E-state index contributed by atoms with van der Waals surface area (Å²) >= 11 is 11.9. The molecule has 1 aliphatic rings. The van der Waals surface area contributed by atoms with E-state index in [0.29, 0.717) is 11.1 Å². The van der Waals surface area contributed by atoms with Crippen LogP contribution in [-0.4, -0.2) is 22.6 Å². The fraction of sp³-hybridized carbons (Fsp3) is 0.636. The number of piperidine rings is 1. The van der Waals surface area contributed by atoms with Crippen molar-refractivity contribution in [1.29, 1.82) is 0 Å². The lowest BCUT2D eigenvalue weighted by molar-refractivity contribution is 0.376. The SMILES string of the molecule is CC1CCN(c2nc(Cl)ncc2Cl)C(C)C1. The van der Waals surface area contributed by atoms with Crippen LogP contribution >= 0.6 is 23.2 Å². The fourth-order valence-corrected chi connectivity index (χ4v) is 2.59. The maximum Gasteiger partial charge on any atom is 0.224 e. The molecule has 2 heterocycles. The predicted octanol–water partition coefficient (Wildman–Crippen LogP) is 3.41. The van der Waals surface area contributed by atoms with Crippen molar-refractivity contribution in [3.05, 3.63) is 16.5 Å². The molecular formula is C11H15Cl2N3. The minimum atomic E-state index is 0.255. The van der Waals surface area contributed by atoms with E-state index in [1.807, 2.05) is 0 Å². The first-order valence-corrected chi connectivity index (χ1v) is 6.28. The van der Waals surface area contributed by atoms with Gasteiger partial charge in [0.05, 0.1) is 6.20 Å². The van der Waals surface area contributed by atoms with Gasteiger partial charge in [-0.1, -0.05) is 18.5 Å². The van der Waals surface area contributed by atoms with E-state index < -0.39 is 0 Å². The molecule has 1 aromatic rings. The Hall–Kier alpha value is -0.540. The van der Waals surface area contributed by atoms with Crippen LogP contribution in [0.25, 0.3) is 0 Å². The fourth-order valence-electron chi connectivity index (χ4n) is 2.26. The third-order valence-electron chi connectivity index (χ3n) is 3.11. The average molecular weight is 260 g/mol. The van der Waals surface area contributed by atoms with Gasteiger partial charge in [-0.05, 0) is 37.3 Å². The Bertz CT molecular complexity index is 383. The van der Waals surface area contributed by atoms with Crippen LogP contribution in [0.2, 0.25) is 10.3 Å². The Balaban J connectivity index is 2.26. The molecule has 0 radical (unpaired) electrons. The summed E-state index contributed by atoms with van der Waals surface area (Å²) in [6.07, 6.45) is 3.90. The van der Waals surface area contributed by atoms with E-state index in [4.69, 9.17) is 23.2 Å². The van der Waals surface area contributed by atoms with Crippen molar-refractivity contribution in [2.75, 3.05) is 11.4 Å². The highest BCUT2D eigenvalue weighted by molar-refractivity contribution is 6.33. The highest BCUT2D eigenvalue weighted by Crippen LogP contribution is 2.31. The molecule has 5 heteroatoms. The van der Waals surface area contributed by atoms with Crippen LogP contribution in [-0.2, 0) is 0 Å². The molecule has 2 atom stereocenters. The summed E-state index contributed by atoms with van der Waals surface area (Å²) in [4.78, 5) is 10.3. The van der Waals surface area contributed by atoms with Gasteiger partial charge in [-0.25, -0.2) is 4.98 Å². The van der Waals surface area contributed by atoms with Gasteiger partial charge in [-0.3, -0.25) is 0 Å². The Morgan fingerprint density at radius 3 is 2.81 bits per heavy atom. The van der Waals surface area contributed by atoms with Crippen LogP contribution in [0.15, 0.2) is 6.20 Å². The van der Waals surface area contributed by atoms with Gasteiger partial charge in [-0.2, -0.15) is 4.98 Å². The molecule has 0 aromatic carbocycles. The smallest absolute Gasteiger partial charge is 0.224 e. The van der Waals surface area contributed by atoms with Crippen molar-refractivity contribution in [2.45, 2.75) is 32.7 Å². The summed E-state index contributed by atoms with van der Waals surface area (Å²) in [7, 11) is 0. The standard InChI is InChI=1S/C11H15Cl2N3/c1-7-3-4-16(8(2)5-7)10-9(12)6-14-11(13)15-10/h6-8H,3-5H2,1-2H3. The van der Waals surface area contributed by atoms with Crippen LogP contribution < -0.4 is 4.90 Å². The zero-order valence-corrected chi connectivity index (χ0v) is 11.0. The zero-order valence-electron chi connectivity index (χ0n) is 9.45. The van der Waals surface area contributed by atoms with Crippen molar-refractivity contribution >= 4 is 29.0 Å². The monoisotopic (exact) mass is 259 g/mol. The number of anilines is 1. The molecule has 0 saturated carbocycles. The third-order valence-corrected chi connectivity index (χ3v) is 3.56. The molecule has 88 valence electrons. The van der Waals surface area contributed by atoms with Gasteiger partial charge in [0.1, 0.15) is 5.02 Å². The summed E-state index contributed by atoms with van der Waals surface area (Å²) in [5.74, 6) is 1.53. The van der Waals surface area contributed by atoms with Crippen molar-refractivity contribution in [3.8, 4) is 0 Å². The number of hydrogen-bond acceptors (Lipinski definition) is 3. The lowest BCUT2D eigenvalue weighted by atomic mass is 9.93. The number of aromatic nitrogens is 2. The lowest BCUT2D eigenvalue weighted by Gasteiger charge is -2.37. The van der Waals surface area contributed by atoms with E-state index in [2.05, 4.69) is 28.7 Å². The Morgan fingerprint density at radius 2 is 2.12 bits per heavy atom. The number of halogens is 2. The number of nitrogens with zero attached hydrogens (tertiary/aromatic N) is 3. The zero-order chi connectivity index (χ0) is 11.7. The second kappa shape index (κ2) is 4.76. The molecule has 1 aliphatic heterocycles. The van der Waals surface area contributed by atoms with Crippen molar-refractivity contribution < 1.29 is 0 Å². The van der Waals surface area contributed by atoms with E-state index in [0.717, 1.165) is 24.7 Å². The van der Waals surface area contributed by atoms with Crippen LogP contribution in [0.5, 0.6) is 0 Å². The van der Waals surface area contributed by atoms with E-state index in [-0.39, 0.29) is 5.28 Å². The van der Waals surface area contributed by atoms with Gasteiger partial charge in [0.15, 0.2) is 5.82 Å². The van der Waals surface area contributed by atoms with E-state index in [9.17, 15) is 0 Å². The molecule has 0 N–H and O–H groups in total. The van der Waals surface area contributed by atoms with Crippen LogP contribution in [0, 0.1) is 5.92 Å². The minimum absolute atomic E-state index is 0.255. The first-order valence-electron chi connectivity index (χ1n) is 5.52. The van der Waals surface area contributed by atoms with Gasteiger partial charge in [-0.15, -0.1) is 0 Å². The Labute approximate surface area is 106 Å². The summed E-state index contributed by atoms with van der Waals surface area (Å²) < 4.78 is 0. The molecule has 0 amide bonds. The van der Waals surface area contributed by atoms with Gasteiger partial charge in [0.2, 0.25) is 5.28 Å². The van der Waals surface area contributed by atoms with Gasteiger partial charge in [0.25, 0.3) is 0 Å². The second-order valence-electron chi connectivity index (χ2n) is 4.48. The molecule has 1 aromatic heterocycles. The first kappa shape index (κ1) is 11.9.